The second kappa shape index (κ2) is 8.87. The third-order valence-corrected chi connectivity index (χ3v) is 4.76. The number of carbonyl (C=O) groups is 1. The molecule has 0 saturated carbocycles. The van der Waals surface area contributed by atoms with Crippen molar-refractivity contribution in [1.29, 1.82) is 0 Å². The summed E-state index contributed by atoms with van der Waals surface area (Å²) in [4.78, 5) is 20.9. The molecule has 30 heavy (non-hydrogen) atoms. The number of hydrogen-bond acceptors (Lipinski definition) is 5. The highest BCUT2D eigenvalue weighted by molar-refractivity contribution is 5.99. The van der Waals surface area contributed by atoms with Gasteiger partial charge in [0.15, 0.2) is 0 Å². The number of carbonyl (C=O) groups excluding carboxylic acids is 1. The molecule has 160 valence electrons. The monoisotopic (exact) mass is 417 g/mol. The first kappa shape index (κ1) is 21.8. The second-order valence-electron chi connectivity index (χ2n) is 7.63. The maximum absolute atomic E-state index is 13.6. The number of fused-ring (bicyclic) bond motifs is 1. The number of halogens is 2. The first-order chi connectivity index (χ1) is 14.2. The van der Waals surface area contributed by atoms with Gasteiger partial charge in [-0.2, -0.15) is 0 Å². The minimum Gasteiger partial charge on any atom is -0.478 e. The standard InChI is InChI=1S/C22H25F2N3O3/c1-4-30-21-17-14(12-25-21)10-15(26-18(17)20(23)24)11-16(28)27-19(22(2,3)29)13-8-6-5-7-9-13/h5-10,19-20,29H,4,11-12H2,1-3H3,(H,27,28)/t19-/m0/s1. The highest BCUT2D eigenvalue weighted by Crippen LogP contribution is 2.30. The minimum absolute atomic E-state index is 0.164. The Bertz CT molecular complexity index is 941. The van der Waals surface area contributed by atoms with Crippen LogP contribution in [0.15, 0.2) is 41.4 Å². The molecular weight excluding hydrogens is 392 g/mol. The number of amides is 1. The lowest BCUT2D eigenvalue weighted by molar-refractivity contribution is -0.123. The van der Waals surface area contributed by atoms with Crippen molar-refractivity contribution in [3.05, 3.63) is 64.5 Å². The molecule has 2 heterocycles. The lowest BCUT2D eigenvalue weighted by atomic mass is 9.91. The summed E-state index contributed by atoms with van der Waals surface area (Å²) in [6, 6.07) is 10.0. The highest BCUT2D eigenvalue weighted by atomic mass is 19.3. The Morgan fingerprint density at radius 1 is 1.30 bits per heavy atom. The largest absolute Gasteiger partial charge is 0.478 e. The molecule has 0 unspecified atom stereocenters. The van der Waals surface area contributed by atoms with Gasteiger partial charge in [-0.1, -0.05) is 30.3 Å². The van der Waals surface area contributed by atoms with Crippen molar-refractivity contribution in [2.45, 2.75) is 51.8 Å². The fourth-order valence-electron chi connectivity index (χ4n) is 3.48. The molecule has 1 amide bonds. The zero-order valence-corrected chi connectivity index (χ0v) is 17.2. The summed E-state index contributed by atoms with van der Waals surface area (Å²) in [6.45, 7) is 5.46. The number of benzene rings is 1. The van der Waals surface area contributed by atoms with Crippen LogP contribution in [-0.2, 0) is 22.5 Å². The fraction of sp³-hybridized carbons (Fsp3) is 0.409. The Hall–Kier alpha value is -2.87. The predicted molar refractivity (Wildman–Crippen MR) is 108 cm³/mol. The Balaban J connectivity index is 1.83. The molecule has 0 spiro atoms. The lowest BCUT2D eigenvalue weighted by Crippen LogP contribution is -2.42. The number of pyridine rings is 1. The van der Waals surface area contributed by atoms with E-state index in [0.717, 1.165) is 5.56 Å². The van der Waals surface area contributed by atoms with Gasteiger partial charge in [-0.25, -0.2) is 13.8 Å². The highest BCUT2D eigenvalue weighted by Gasteiger charge is 2.31. The van der Waals surface area contributed by atoms with Gasteiger partial charge < -0.3 is 15.2 Å². The van der Waals surface area contributed by atoms with E-state index < -0.39 is 29.7 Å². The third kappa shape index (κ3) is 4.81. The Kier molecular flexibility index (Phi) is 6.45. The van der Waals surface area contributed by atoms with Gasteiger partial charge in [0.05, 0.1) is 42.5 Å². The topological polar surface area (TPSA) is 83.8 Å². The molecule has 1 aromatic carbocycles. The van der Waals surface area contributed by atoms with E-state index in [1.54, 1.807) is 39.0 Å². The molecule has 8 heteroatoms. The van der Waals surface area contributed by atoms with E-state index in [1.807, 2.05) is 18.2 Å². The minimum atomic E-state index is -2.82. The van der Waals surface area contributed by atoms with Crippen molar-refractivity contribution >= 4 is 11.8 Å². The second-order valence-corrected chi connectivity index (χ2v) is 7.63. The van der Waals surface area contributed by atoms with E-state index in [-0.39, 0.29) is 30.1 Å². The summed E-state index contributed by atoms with van der Waals surface area (Å²) in [5, 5.41) is 13.3. The van der Waals surface area contributed by atoms with E-state index in [2.05, 4.69) is 15.3 Å². The summed E-state index contributed by atoms with van der Waals surface area (Å²) in [5.74, 6) is -0.264. The molecule has 0 radical (unpaired) electrons. The summed E-state index contributed by atoms with van der Waals surface area (Å²) >= 11 is 0. The van der Waals surface area contributed by atoms with E-state index in [4.69, 9.17) is 4.74 Å². The normalized spacial score (nSPS) is 14.3. The Morgan fingerprint density at radius 3 is 2.60 bits per heavy atom. The Labute approximate surface area is 174 Å². The maximum atomic E-state index is 13.6. The van der Waals surface area contributed by atoms with Crippen LogP contribution in [0.2, 0.25) is 0 Å². The number of nitrogens with zero attached hydrogens (tertiary/aromatic N) is 2. The van der Waals surface area contributed by atoms with Gasteiger partial charge in [-0.3, -0.25) is 9.78 Å². The molecule has 3 rings (SSSR count). The van der Waals surface area contributed by atoms with Crippen molar-refractivity contribution in [1.82, 2.24) is 10.3 Å². The van der Waals surface area contributed by atoms with Gasteiger partial charge in [0, 0.05) is 0 Å². The number of nitrogens with one attached hydrogen (secondary N) is 1. The van der Waals surface area contributed by atoms with Crippen LogP contribution in [0.25, 0.3) is 0 Å². The maximum Gasteiger partial charge on any atom is 0.281 e. The molecule has 0 saturated heterocycles. The SMILES string of the molecule is CCOC1=NCc2cc(CC(=O)N[C@@H](c3ccccc3)C(C)(C)O)nc(C(F)F)c21. The van der Waals surface area contributed by atoms with E-state index >= 15 is 0 Å². The molecule has 1 aliphatic heterocycles. The van der Waals surface area contributed by atoms with Crippen molar-refractivity contribution in [2.24, 2.45) is 4.99 Å². The van der Waals surface area contributed by atoms with Gasteiger partial charge in [-0.15, -0.1) is 0 Å². The number of alkyl halides is 2. The van der Waals surface area contributed by atoms with E-state index in [9.17, 15) is 18.7 Å². The molecule has 0 fully saturated rings. The van der Waals surface area contributed by atoms with Crippen LogP contribution in [-0.4, -0.2) is 34.1 Å². The number of hydrogen-bond donors (Lipinski definition) is 2. The number of aliphatic imine (C=N–C) groups is 1. The van der Waals surface area contributed by atoms with Crippen LogP contribution in [0.1, 0.15) is 61.3 Å². The first-order valence-corrected chi connectivity index (χ1v) is 9.75. The van der Waals surface area contributed by atoms with Crippen LogP contribution >= 0.6 is 0 Å². The van der Waals surface area contributed by atoms with Crippen LogP contribution in [0.5, 0.6) is 0 Å². The summed E-state index contributed by atoms with van der Waals surface area (Å²) < 4.78 is 32.6. The van der Waals surface area contributed by atoms with Crippen LogP contribution < -0.4 is 5.32 Å². The quantitative estimate of drug-likeness (QED) is 0.722. The zero-order chi connectivity index (χ0) is 21.9. The summed E-state index contributed by atoms with van der Waals surface area (Å²) in [7, 11) is 0. The summed E-state index contributed by atoms with van der Waals surface area (Å²) in [5.41, 5.74) is 0.0854. The van der Waals surface area contributed by atoms with E-state index in [0.29, 0.717) is 12.2 Å². The molecule has 0 bridgehead atoms. The Morgan fingerprint density at radius 2 is 2.00 bits per heavy atom. The number of ether oxygens (including phenoxy) is 1. The van der Waals surface area contributed by atoms with Gasteiger partial charge >= 0.3 is 0 Å². The molecule has 1 atom stereocenters. The molecule has 1 aromatic heterocycles. The lowest BCUT2D eigenvalue weighted by Gasteiger charge is -2.30. The zero-order valence-electron chi connectivity index (χ0n) is 17.2. The molecule has 1 aliphatic rings. The number of aromatic nitrogens is 1. The van der Waals surface area contributed by atoms with Crippen LogP contribution in [0, 0.1) is 0 Å². The molecule has 2 aromatic rings. The van der Waals surface area contributed by atoms with Gasteiger partial charge in [0.1, 0.15) is 5.69 Å². The fourth-order valence-corrected chi connectivity index (χ4v) is 3.48. The molecule has 2 N–H and O–H groups in total. The predicted octanol–water partition coefficient (Wildman–Crippen LogP) is 3.49. The van der Waals surface area contributed by atoms with Crippen LogP contribution in [0.3, 0.4) is 0 Å². The van der Waals surface area contributed by atoms with Crippen molar-refractivity contribution in [3.63, 3.8) is 0 Å². The van der Waals surface area contributed by atoms with E-state index in [1.165, 1.54) is 0 Å². The molecule has 0 aliphatic carbocycles. The first-order valence-electron chi connectivity index (χ1n) is 9.75. The smallest absolute Gasteiger partial charge is 0.281 e. The average molecular weight is 417 g/mol. The van der Waals surface area contributed by atoms with Gasteiger partial charge in [0.2, 0.25) is 11.8 Å². The third-order valence-electron chi connectivity index (χ3n) is 4.76. The molecule has 6 nitrogen and oxygen atoms in total. The van der Waals surface area contributed by atoms with Gasteiger partial charge in [0.25, 0.3) is 6.43 Å². The number of rotatable bonds is 7. The summed E-state index contributed by atoms with van der Waals surface area (Å²) in [6.07, 6.45) is -3.02. The average Bonchev–Trinajstić information content (AvgIpc) is 3.08. The van der Waals surface area contributed by atoms with Crippen molar-refractivity contribution in [2.75, 3.05) is 6.61 Å². The van der Waals surface area contributed by atoms with Crippen molar-refractivity contribution in [3.8, 4) is 0 Å². The van der Waals surface area contributed by atoms with Crippen molar-refractivity contribution < 1.29 is 23.4 Å². The van der Waals surface area contributed by atoms with Crippen LogP contribution in [0.4, 0.5) is 8.78 Å². The number of aliphatic hydroxyl groups is 1. The molecular formula is C22H25F2N3O3. The van der Waals surface area contributed by atoms with Gasteiger partial charge in [-0.05, 0) is 38.0 Å².